The van der Waals surface area contributed by atoms with Crippen LogP contribution in [-0.2, 0) is 25.1 Å². The Morgan fingerprint density at radius 1 is 1.08 bits per heavy atom. The number of oxazole rings is 1. The maximum Gasteiger partial charge on any atom is 0.238 e. The molecule has 1 saturated heterocycles. The Hall–Kier alpha value is -3.42. The van der Waals surface area contributed by atoms with Gasteiger partial charge in [0.15, 0.2) is 10.8 Å². The molecule has 2 aromatic heterocycles. The van der Waals surface area contributed by atoms with Crippen molar-refractivity contribution in [2.75, 3.05) is 26.9 Å². The second-order valence-electron chi connectivity index (χ2n) is 9.03. The lowest BCUT2D eigenvalue weighted by molar-refractivity contribution is -0.0955. The van der Waals surface area contributed by atoms with Gasteiger partial charge >= 0.3 is 0 Å². The van der Waals surface area contributed by atoms with Gasteiger partial charge in [-0.2, -0.15) is 0 Å². The molecule has 2 aromatic carbocycles. The number of hydrogen-bond acceptors (Lipinski definition) is 10. The molecule has 5 rings (SSSR count). The molecular weight excluding hydrogens is 542 g/mol. The summed E-state index contributed by atoms with van der Waals surface area (Å²) < 4.78 is 47.0. The highest BCUT2D eigenvalue weighted by Gasteiger charge is 2.38. The number of primary sulfonamides is 1. The van der Waals surface area contributed by atoms with Crippen LogP contribution >= 0.6 is 11.3 Å². The molecule has 1 aliphatic heterocycles. The molecule has 0 saturated carbocycles. The van der Waals surface area contributed by atoms with Crippen LogP contribution in [0.4, 0.5) is 0 Å². The van der Waals surface area contributed by atoms with E-state index in [0.29, 0.717) is 48.1 Å². The molecule has 10 nitrogen and oxygen atoms in total. The number of sulfonamides is 1. The lowest BCUT2D eigenvalue weighted by Gasteiger charge is -2.36. The van der Waals surface area contributed by atoms with E-state index < -0.39 is 21.7 Å². The zero-order chi connectivity index (χ0) is 27.5. The van der Waals surface area contributed by atoms with Crippen LogP contribution < -0.4 is 9.88 Å². The number of methoxy groups -OCH3 is 1. The molecular formula is C27H27N3O7S2. The molecule has 0 bridgehead atoms. The van der Waals surface area contributed by atoms with E-state index in [-0.39, 0.29) is 17.4 Å². The molecule has 4 aromatic rings. The largest absolute Gasteiger partial charge is 0.481 e. The van der Waals surface area contributed by atoms with Gasteiger partial charge in [-0.25, -0.2) is 18.5 Å². The number of rotatable bonds is 10. The fraction of sp³-hybridized carbons (Fsp3) is 0.296. The van der Waals surface area contributed by atoms with E-state index in [4.69, 9.17) is 23.8 Å². The third-order valence-corrected chi connectivity index (χ3v) is 8.49. The van der Waals surface area contributed by atoms with Crippen molar-refractivity contribution >= 4 is 21.4 Å². The molecule has 0 radical (unpaired) electrons. The number of ether oxygens (including phenoxy) is 3. The number of nitroso groups, excluding NO2 is 1. The van der Waals surface area contributed by atoms with Crippen LogP contribution in [0.25, 0.3) is 22.6 Å². The van der Waals surface area contributed by atoms with Gasteiger partial charge in [0.2, 0.25) is 22.0 Å². The predicted octanol–water partition coefficient (Wildman–Crippen LogP) is 5.26. The van der Waals surface area contributed by atoms with Crippen LogP contribution in [0.5, 0.6) is 5.06 Å². The van der Waals surface area contributed by atoms with Crippen LogP contribution in [0.3, 0.4) is 0 Å². The van der Waals surface area contributed by atoms with Gasteiger partial charge in [-0.05, 0) is 35.7 Å². The number of nitrogens with two attached hydrogens (primary N) is 1. The van der Waals surface area contributed by atoms with Crippen LogP contribution in [0, 0.1) is 4.91 Å². The number of aromatic nitrogens is 1. The molecule has 39 heavy (non-hydrogen) atoms. The number of thiophene rings is 1. The van der Waals surface area contributed by atoms with Crippen LogP contribution in [-0.4, -0.2) is 40.3 Å². The predicted molar refractivity (Wildman–Crippen MR) is 146 cm³/mol. The highest BCUT2D eigenvalue weighted by molar-refractivity contribution is 7.89. The first kappa shape index (κ1) is 27.2. The van der Waals surface area contributed by atoms with Crippen molar-refractivity contribution in [2.24, 2.45) is 10.3 Å². The minimum Gasteiger partial charge on any atom is -0.481 e. The Kier molecular flexibility index (Phi) is 7.91. The average Bonchev–Trinajstić information content (AvgIpc) is 3.62. The van der Waals surface area contributed by atoms with Crippen molar-refractivity contribution in [3.63, 3.8) is 0 Å². The van der Waals surface area contributed by atoms with E-state index in [1.807, 2.05) is 41.8 Å². The summed E-state index contributed by atoms with van der Waals surface area (Å²) in [4.78, 5) is 16.6. The molecule has 3 heterocycles. The molecule has 1 atom stereocenters. The quantitative estimate of drug-likeness (QED) is 0.255. The Bertz CT molecular complexity index is 1530. The molecule has 12 heteroatoms. The summed E-state index contributed by atoms with van der Waals surface area (Å²) in [6.45, 7) is 1.08. The second-order valence-corrected chi connectivity index (χ2v) is 11.5. The molecule has 1 aliphatic rings. The third-order valence-electron chi connectivity index (χ3n) is 6.73. The summed E-state index contributed by atoms with van der Waals surface area (Å²) in [7, 11) is -2.18. The van der Waals surface area contributed by atoms with Crippen molar-refractivity contribution in [3.8, 4) is 27.6 Å². The van der Waals surface area contributed by atoms with Gasteiger partial charge in [-0.3, -0.25) is 0 Å². The number of hydrogen-bond donors (Lipinski definition) is 1. The maximum absolute atomic E-state index is 12.0. The number of nitrogens with zero attached hydrogens (tertiary/aromatic N) is 2. The Morgan fingerprint density at radius 3 is 2.44 bits per heavy atom. The van der Waals surface area contributed by atoms with Gasteiger partial charge in [-0.1, -0.05) is 35.5 Å². The van der Waals surface area contributed by atoms with Crippen molar-refractivity contribution in [2.45, 2.75) is 29.4 Å². The van der Waals surface area contributed by atoms with E-state index in [1.165, 1.54) is 23.5 Å². The molecule has 204 valence electrons. The monoisotopic (exact) mass is 569 g/mol. The highest BCUT2D eigenvalue weighted by Crippen LogP contribution is 2.44. The van der Waals surface area contributed by atoms with Crippen molar-refractivity contribution in [1.82, 2.24) is 4.98 Å². The van der Waals surface area contributed by atoms with E-state index in [9.17, 15) is 13.3 Å². The fourth-order valence-electron chi connectivity index (χ4n) is 4.59. The van der Waals surface area contributed by atoms with Crippen molar-refractivity contribution in [1.29, 1.82) is 0 Å². The summed E-state index contributed by atoms with van der Waals surface area (Å²) in [5, 5.41) is 11.1. The van der Waals surface area contributed by atoms with E-state index >= 15 is 0 Å². The van der Waals surface area contributed by atoms with Gasteiger partial charge in [0.1, 0.15) is 17.9 Å². The Labute approximate surface area is 229 Å². The minimum atomic E-state index is -3.86. The molecule has 0 aliphatic carbocycles. The Balaban J connectivity index is 1.45. The van der Waals surface area contributed by atoms with Crippen LogP contribution in [0.1, 0.15) is 30.3 Å². The average molecular weight is 570 g/mol. The van der Waals surface area contributed by atoms with Gasteiger partial charge in [0.25, 0.3) is 0 Å². The Morgan fingerprint density at radius 2 is 1.79 bits per heavy atom. The first-order chi connectivity index (χ1) is 18.8. The van der Waals surface area contributed by atoms with Crippen molar-refractivity contribution < 1.29 is 27.0 Å². The highest BCUT2D eigenvalue weighted by atomic mass is 32.2. The fourth-order valence-corrected chi connectivity index (χ4v) is 5.95. The lowest BCUT2D eigenvalue weighted by atomic mass is 9.87. The normalized spacial score (nSPS) is 16.1. The minimum absolute atomic E-state index is 0.0294. The molecule has 1 fully saturated rings. The SMILES string of the molecule is COC1(c2ccsc2OCC(N=O)c2nc(-c3ccccc3)c(-c3ccc(S(N)(=O)=O)cc3)o2)CCOCC1. The standard InChI is InChI=1S/C27H27N3O7S2/c1-34-27(12-14-35-15-13-27)21-11-16-38-26(21)36-17-22(30-31)25-29-23(18-5-3-2-4-6-18)24(37-25)19-7-9-20(10-8-19)39(28,32)33/h2-11,16,22H,12-15,17H2,1H3,(H2,28,32,33). The number of benzene rings is 2. The molecule has 1 unspecified atom stereocenters. The zero-order valence-electron chi connectivity index (χ0n) is 21.1. The first-order valence-electron chi connectivity index (χ1n) is 12.2. The lowest BCUT2D eigenvalue weighted by Crippen LogP contribution is -2.35. The third kappa shape index (κ3) is 5.65. The maximum atomic E-state index is 12.0. The molecule has 0 amide bonds. The summed E-state index contributed by atoms with van der Waals surface area (Å²) in [5.41, 5.74) is 2.20. The topological polar surface area (TPSA) is 143 Å². The smallest absolute Gasteiger partial charge is 0.238 e. The molecule has 2 N–H and O–H groups in total. The van der Waals surface area contributed by atoms with Gasteiger partial charge in [-0.15, -0.1) is 16.2 Å². The second kappa shape index (κ2) is 11.4. The summed E-state index contributed by atoms with van der Waals surface area (Å²) in [6, 6.07) is 16.2. The summed E-state index contributed by atoms with van der Waals surface area (Å²) in [5.74, 6) is 0.447. The summed E-state index contributed by atoms with van der Waals surface area (Å²) in [6.07, 6.45) is 1.39. The van der Waals surface area contributed by atoms with E-state index in [1.54, 1.807) is 19.2 Å². The van der Waals surface area contributed by atoms with Gasteiger partial charge < -0.3 is 18.6 Å². The van der Waals surface area contributed by atoms with Crippen molar-refractivity contribution in [3.05, 3.63) is 82.4 Å². The molecule has 0 spiro atoms. The summed E-state index contributed by atoms with van der Waals surface area (Å²) >= 11 is 1.41. The van der Waals surface area contributed by atoms with Crippen LogP contribution in [0.15, 0.2) is 80.5 Å². The van der Waals surface area contributed by atoms with Crippen LogP contribution in [0.2, 0.25) is 0 Å². The van der Waals surface area contributed by atoms with E-state index in [0.717, 1.165) is 11.1 Å². The van der Waals surface area contributed by atoms with Gasteiger partial charge in [0.05, 0.1) is 4.90 Å². The van der Waals surface area contributed by atoms with Gasteiger partial charge in [0, 0.05) is 49.9 Å². The zero-order valence-corrected chi connectivity index (χ0v) is 22.7. The first-order valence-corrected chi connectivity index (χ1v) is 14.6. The van der Waals surface area contributed by atoms with E-state index in [2.05, 4.69) is 10.2 Å².